The van der Waals surface area contributed by atoms with Crippen molar-refractivity contribution in [3.63, 3.8) is 0 Å². The molecule has 1 aliphatic carbocycles. The third-order valence-corrected chi connectivity index (χ3v) is 3.27. The van der Waals surface area contributed by atoms with E-state index in [1.54, 1.807) is 24.4 Å². The van der Waals surface area contributed by atoms with E-state index < -0.39 is 17.2 Å². The van der Waals surface area contributed by atoms with E-state index >= 15 is 0 Å². The maximum atomic E-state index is 12.0. The van der Waals surface area contributed by atoms with Gasteiger partial charge in [0.05, 0.1) is 0 Å². The van der Waals surface area contributed by atoms with Crippen LogP contribution >= 0.6 is 0 Å². The smallest absolute Gasteiger partial charge is 0.294 e. The molecule has 1 amide bonds. The highest BCUT2D eigenvalue weighted by atomic mass is 16.3. The van der Waals surface area contributed by atoms with Gasteiger partial charge in [0, 0.05) is 12.7 Å². The van der Waals surface area contributed by atoms with Crippen molar-refractivity contribution in [3.05, 3.63) is 40.4 Å². The number of hydrogen-bond donors (Lipinski definition) is 3. The standard InChI is InChI=1S/C14H14N4O3/c19-11-10(13(20)16-7-8-4-5-8)17-12(18-14(11)21)9-3-1-2-6-15-9/h1-3,6,8,19H,4-5,7H2,(H,16,20)(H,17,18,21). The Morgan fingerprint density at radius 3 is 2.90 bits per heavy atom. The maximum absolute atomic E-state index is 12.0. The van der Waals surface area contributed by atoms with Crippen molar-refractivity contribution in [2.75, 3.05) is 6.54 Å². The topological polar surface area (TPSA) is 108 Å². The summed E-state index contributed by atoms with van der Waals surface area (Å²) < 4.78 is 0. The Morgan fingerprint density at radius 2 is 2.24 bits per heavy atom. The summed E-state index contributed by atoms with van der Waals surface area (Å²) in [5.74, 6) is -0.589. The van der Waals surface area contributed by atoms with Gasteiger partial charge < -0.3 is 15.4 Å². The summed E-state index contributed by atoms with van der Waals surface area (Å²) in [5, 5.41) is 12.4. The molecule has 0 aromatic carbocycles. The van der Waals surface area contributed by atoms with Gasteiger partial charge in [0.25, 0.3) is 11.5 Å². The first kappa shape index (κ1) is 13.3. The number of nitrogens with one attached hydrogen (secondary N) is 2. The summed E-state index contributed by atoms with van der Waals surface area (Å²) in [5.41, 5.74) is -0.617. The third-order valence-electron chi connectivity index (χ3n) is 3.27. The van der Waals surface area contributed by atoms with Gasteiger partial charge in [0.15, 0.2) is 11.5 Å². The molecule has 0 bridgehead atoms. The Labute approximate surface area is 120 Å². The molecule has 0 aliphatic heterocycles. The van der Waals surface area contributed by atoms with Crippen molar-refractivity contribution >= 4 is 5.91 Å². The van der Waals surface area contributed by atoms with E-state index in [1.165, 1.54) is 0 Å². The van der Waals surface area contributed by atoms with Gasteiger partial charge in [-0.05, 0) is 30.9 Å². The molecule has 2 aromatic rings. The number of hydrogen-bond acceptors (Lipinski definition) is 5. The van der Waals surface area contributed by atoms with Crippen LogP contribution in [-0.4, -0.2) is 32.5 Å². The second kappa shape index (κ2) is 5.35. The van der Waals surface area contributed by atoms with E-state index in [1.807, 2.05) is 0 Å². The summed E-state index contributed by atoms with van der Waals surface area (Å²) in [6.07, 6.45) is 3.73. The number of carbonyl (C=O) groups is 1. The molecule has 2 heterocycles. The largest absolute Gasteiger partial charge is 0.501 e. The van der Waals surface area contributed by atoms with Crippen LogP contribution in [0.5, 0.6) is 5.75 Å². The van der Waals surface area contributed by atoms with E-state index in [0.29, 0.717) is 18.2 Å². The second-order valence-corrected chi connectivity index (χ2v) is 4.98. The molecule has 108 valence electrons. The fraction of sp³-hybridized carbons (Fsp3) is 0.286. The van der Waals surface area contributed by atoms with Crippen LogP contribution in [0, 0.1) is 5.92 Å². The summed E-state index contributed by atoms with van der Waals surface area (Å²) >= 11 is 0. The Hall–Kier alpha value is -2.70. The van der Waals surface area contributed by atoms with Crippen LogP contribution in [0.2, 0.25) is 0 Å². The molecule has 0 atom stereocenters. The van der Waals surface area contributed by atoms with Crippen LogP contribution in [0.25, 0.3) is 11.5 Å². The molecule has 1 saturated carbocycles. The first-order chi connectivity index (χ1) is 10.1. The zero-order chi connectivity index (χ0) is 14.8. The summed E-state index contributed by atoms with van der Waals surface area (Å²) in [6.45, 7) is 0.533. The van der Waals surface area contributed by atoms with Crippen molar-refractivity contribution < 1.29 is 9.90 Å². The van der Waals surface area contributed by atoms with Crippen molar-refractivity contribution in [1.29, 1.82) is 0 Å². The number of H-pyrrole nitrogens is 1. The number of aromatic nitrogens is 3. The van der Waals surface area contributed by atoms with Gasteiger partial charge in [0.2, 0.25) is 5.75 Å². The minimum Gasteiger partial charge on any atom is -0.501 e. The van der Waals surface area contributed by atoms with Crippen LogP contribution in [0.4, 0.5) is 0 Å². The zero-order valence-electron chi connectivity index (χ0n) is 11.2. The molecule has 1 aliphatic rings. The van der Waals surface area contributed by atoms with Gasteiger partial charge in [-0.1, -0.05) is 6.07 Å². The van der Waals surface area contributed by atoms with E-state index in [0.717, 1.165) is 12.8 Å². The quantitative estimate of drug-likeness (QED) is 0.766. The zero-order valence-corrected chi connectivity index (χ0v) is 11.2. The van der Waals surface area contributed by atoms with Crippen molar-refractivity contribution in [1.82, 2.24) is 20.3 Å². The fourth-order valence-corrected chi connectivity index (χ4v) is 1.89. The van der Waals surface area contributed by atoms with Crippen LogP contribution in [0.1, 0.15) is 23.3 Å². The van der Waals surface area contributed by atoms with Crippen LogP contribution in [0.15, 0.2) is 29.2 Å². The van der Waals surface area contributed by atoms with Crippen LogP contribution < -0.4 is 10.9 Å². The number of pyridine rings is 1. The van der Waals surface area contributed by atoms with E-state index in [-0.39, 0.29) is 11.5 Å². The molecule has 1 fully saturated rings. The Balaban J connectivity index is 1.93. The fourth-order valence-electron chi connectivity index (χ4n) is 1.89. The number of carbonyl (C=O) groups excluding carboxylic acids is 1. The normalized spacial score (nSPS) is 13.9. The molecule has 3 N–H and O–H groups in total. The monoisotopic (exact) mass is 286 g/mol. The molecule has 7 heteroatoms. The lowest BCUT2D eigenvalue weighted by Gasteiger charge is -2.07. The average Bonchev–Trinajstić information content (AvgIpc) is 3.32. The van der Waals surface area contributed by atoms with Gasteiger partial charge in [-0.15, -0.1) is 0 Å². The van der Waals surface area contributed by atoms with E-state index in [4.69, 9.17) is 0 Å². The number of rotatable bonds is 4. The summed E-state index contributed by atoms with van der Waals surface area (Å²) in [7, 11) is 0. The molecule has 3 rings (SSSR count). The van der Waals surface area contributed by atoms with Crippen LogP contribution in [-0.2, 0) is 0 Å². The Morgan fingerprint density at radius 1 is 1.43 bits per heavy atom. The molecular formula is C14H14N4O3. The molecule has 21 heavy (non-hydrogen) atoms. The number of aromatic hydroxyl groups is 1. The SMILES string of the molecule is O=C(NCC1CC1)c1nc(-c2ccccn2)[nH]c(=O)c1O. The number of aromatic amines is 1. The highest BCUT2D eigenvalue weighted by Crippen LogP contribution is 2.27. The lowest BCUT2D eigenvalue weighted by Crippen LogP contribution is -2.28. The summed E-state index contributed by atoms with van der Waals surface area (Å²) in [6, 6.07) is 5.12. The lowest BCUT2D eigenvalue weighted by atomic mass is 10.3. The maximum Gasteiger partial charge on any atom is 0.294 e. The molecular weight excluding hydrogens is 272 g/mol. The number of amides is 1. The highest BCUT2D eigenvalue weighted by Gasteiger charge is 2.24. The van der Waals surface area contributed by atoms with Gasteiger partial charge in [-0.3, -0.25) is 14.6 Å². The Bertz CT molecular complexity index is 723. The second-order valence-electron chi connectivity index (χ2n) is 4.98. The van der Waals surface area contributed by atoms with Gasteiger partial charge in [-0.2, -0.15) is 0 Å². The van der Waals surface area contributed by atoms with E-state index in [2.05, 4.69) is 20.3 Å². The van der Waals surface area contributed by atoms with Gasteiger partial charge in [-0.25, -0.2) is 4.98 Å². The first-order valence-electron chi connectivity index (χ1n) is 6.68. The minimum absolute atomic E-state index is 0.148. The molecule has 0 radical (unpaired) electrons. The third kappa shape index (κ3) is 2.91. The predicted octanol–water partition coefficient (Wildman–Crippen LogP) is 0.677. The first-order valence-corrected chi connectivity index (χ1v) is 6.68. The molecule has 0 saturated heterocycles. The molecule has 2 aromatic heterocycles. The molecule has 0 unspecified atom stereocenters. The van der Waals surface area contributed by atoms with Gasteiger partial charge in [0.1, 0.15) is 5.69 Å². The van der Waals surface area contributed by atoms with Crippen molar-refractivity contribution in [3.8, 4) is 17.3 Å². The number of nitrogens with zero attached hydrogens (tertiary/aromatic N) is 2. The van der Waals surface area contributed by atoms with Gasteiger partial charge >= 0.3 is 0 Å². The Kier molecular flexibility index (Phi) is 3.39. The predicted molar refractivity (Wildman–Crippen MR) is 74.8 cm³/mol. The van der Waals surface area contributed by atoms with Crippen molar-refractivity contribution in [2.24, 2.45) is 5.92 Å². The lowest BCUT2D eigenvalue weighted by molar-refractivity contribution is 0.0943. The molecule has 7 nitrogen and oxygen atoms in total. The highest BCUT2D eigenvalue weighted by molar-refractivity contribution is 5.95. The average molecular weight is 286 g/mol. The summed E-state index contributed by atoms with van der Waals surface area (Å²) in [4.78, 5) is 34.2. The van der Waals surface area contributed by atoms with E-state index in [9.17, 15) is 14.7 Å². The molecule has 0 spiro atoms. The van der Waals surface area contributed by atoms with Crippen molar-refractivity contribution in [2.45, 2.75) is 12.8 Å². The van der Waals surface area contributed by atoms with Crippen LogP contribution in [0.3, 0.4) is 0 Å². The minimum atomic E-state index is -0.762.